The fourth-order valence-corrected chi connectivity index (χ4v) is 4.93. The van der Waals surface area contributed by atoms with Crippen molar-refractivity contribution in [3.05, 3.63) is 59.0 Å². The highest BCUT2D eigenvalue weighted by Gasteiger charge is 2.33. The summed E-state index contributed by atoms with van der Waals surface area (Å²) in [6.45, 7) is 1.89. The van der Waals surface area contributed by atoms with E-state index in [9.17, 15) is 9.18 Å². The highest BCUT2D eigenvalue weighted by molar-refractivity contribution is 8.00. The van der Waals surface area contributed by atoms with Gasteiger partial charge in [-0.05, 0) is 43.3 Å². The van der Waals surface area contributed by atoms with Crippen LogP contribution in [-0.4, -0.2) is 42.8 Å². The molecule has 0 aliphatic carbocycles. The topological polar surface area (TPSA) is 74.6 Å². The van der Waals surface area contributed by atoms with E-state index < -0.39 is 0 Å². The number of aryl methyl sites for hydroxylation is 1. The highest BCUT2D eigenvalue weighted by atomic mass is 32.2. The SMILES string of the molecule is COc1ccc(C2SCC(=O)Nc3c2c(C)nn3-c2ccc(F)cc2)c(OC)c1OC. The molecule has 7 nitrogen and oxygen atoms in total. The number of hydrogen-bond donors (Lipinski definition) is 1. The zero-order valence-electron chi connectivity index (χ0n) is 17.6. The summed E-state index contributed by atoms with van der Waals surface area (Å²) in [7, 11) is 4.69. The molecule has 0 saturated carbocycles. The quantitative estimate of drug-likeness (QED) is 0.640. The molecule has 0 bridgehead atoms. The van der Waals surface area contributed by atoms with Crippen LogP contribution in [0, 0.1) is 12.7 Å². The van der Waals surface area contributed by atoms with Crippen molar-refractivity contribution in [1.29, 1.82) is 0 Å². The van der Waals surface area contributed by atoms with Gasteiger partial charge in [-0.25, -0.2) is 9.07 Å². The second-order valence-electron chi connectivity index (χ2n) is 6.90. The molecule has 1 aliphatic heterocycles. The zero-order valence-corrected chi connectivity index (χ0v) is 18.4. The second kappa shape index (κ2) is 8.50. The Bertz CT molecular complexity index is 1130. The van der Waals surface area contributed by atoms with E-state index in [4.69, 9.17) is 14.2 Å². The van der Waals surface area contributed by atoms with Gasteiger partial charge < -0.3 is 19.5 Å². The summed E-state index contributed by atoms with van der Waals surface area (Å²) in [6, 6.07) is 9.70. The number of fused-ring (bicyclic) bond motifs is 1. The van der Waals surface area contributed by atoms with Gasteiger partial charge in [-0.15, -0.1) is 11.8 Å². The molecule has 1 aliphatic rings. The Morgan fingerprint density at radius 3 is 2.42 bits per heavy atom. The standard InChI is InChI=1S/C22H22FN3O4S/c1-12-18-21(15-9-10-16(28-2)20(30-4)19(15)29-3)31-11-17(27)24-22(18)26(25-12)14-7-5-13(23)6-8-14/h5-10,21H,11H2,1-4H3,(H,24,27). The van der Waals surface area contributed by atoms with E-state index in [2.05, 4.69) is 10.4 Å². The van der Waals surface area contributed by atoms with Crippen molar-refractivity contribution in [1.82, 2.24) is 9.78 Å². The first kappa shape index (κ1) is 21.0. The molecule has 1 N–H and O–H groups in total. The van der Waals surface area contributed by atoms with Gasteiger partial charge in [-0.3, -0.25) is 4.79 Å². The molecule has 4 rings (SSSR count). The lowest BCUT2D eigenvalue weighted by Gasteiger charge is -2.21. The molecule has 31 heavy (non-hydrogen) atoms. The number of rotatable bonds is 5. The molecule has 3 aromatic rings. The van der Waals surface area contributed by atoms with Gasteiger partial charge in [0, 0.05) is 11.1 Å². The average molecular weight is 444 g/mol. The van der Waals surface area contributed by atoms with E-state index in [0.717, 1.165) is 16.8 Å². The molecule has 0 saturated heterocycles. The number of thioether (sulfide) groups is 1. The lowest BCUT2D eigenvalue weighted by molar-refractivity contribution is -0.113. The summed E-state index contributed by atoms with van der Waals surface area (Å²) in [4.78, 5) is 12.5. The molecule has 1 amide bonds. The predicted molar refractivity (Wildman–Crippen MR) is 117 cm³/mol. The Balaban J connectivity index is 1.92. The third kappa shape index (κ3) is 3.69. The number of aromatic nitrogens is 2. The molecule has 1 aromatic heterocycles. The molecule has 2 aromatic carbocycles. The number of ether oxygens (including phenoxy) is 3. The smallest absolute Gasteiger partial charge is 0.235 e. The number of nitrogens with zero attached hydrogens (tertiary/aromatic N) is 2. The Morgan fingerprint density at radius 2 is 1.77 bits per heavy atom. The fraction of sp³-hybridized carbons (Fsp3) is 0.273. The summed E-state index contributed by atoms with van der Waals surface area (Å²) >= 11 is 1.47. The number of halogens is 1. The minimum atomic E-state index is -0.341. The van der Waals surface area contributed by atoms with Crippen LogP contribution >= 0.6 is 11.8 Å². The Labute approximate surface area is 183 Å². The minimum Gasteiger partial charge on any atom is -0.493 e. The minimum absolute atomic E-state index is 0.142. The normalized spacial score (nSPS) is 15.6. The van der Waals surface area contributed by atoms with Crippen LogP contribution in [0.5, 0.6) is 17.2 Å². The third-order valence-electron chi connectivity index (χ3n) is 5.10. The monoisotopic (exact) mass is 443 g/mol. The highest BCUT2D eigenvalue weighted by Crippen LogP contribution is 2.50. The lowest BCUT2D eigenvalue weighted by Crippen LogP contribution is -2.15. The molecular weight excluding hydrogens is 421 g/mol. The molecule has 0 fully saturated rings. The first-order chi connectivity index (χ1) is 15.0. The summed E-state index contributed by atoms with van der Waals surface area (Å²) in [5.41, 5.74) is 3.09. The van der Waals surface area contributed by atoms with Gasteiger partial charge in [0.15, 0.2) is 11.5 Å². The van der Waals surface area contributed by atoms with Crippen molar-refractivity contribution in [2.24, 2.45) is 0 Å². The maximum Gasteiger partial charge on any atom is 0.235 e. The van der Waals surface area contributed by atoms with E-state index in [1.54, 1.807) is 38.1 Å². The first-order valence-corrected chi connectivity index (χ1v) is 10.6. The van der Waals surface area contributed by atoms with Crippen LogP contribution in [-0.2, 0) is 4.79 Å². The summed E-state index contributed by atoms with van der Waals surface area (Å²) < 4.78 is 31.7. The van der Waals surface area contributed by atoms with Crippen LogP contribution in [0.1, 0.15) is 22.1 Å². The number of hydrogen-bond acceptors (Lipinski definition) is 6. The van der Waals surface area contributed by atoms with Gasteiger partial charge in [-0.2, -0.15) is 5.10 Å². The van der Waals surface area contributed by atoms with Gasteiger partial charge in [0.1, 0.15) is 11.6 Å². The molecule has 0 radical (unpaired) electrons. The van der Waals surface area contributed by atoms with Gasteiger partial charge in [0.05, 0.1) is 43.7 Å². The molecular formula is C22H22FN3O4S. The van der Waals surface area contributed by atoms with Gasteiger partial charge in [-0.1, -0.05) is 0 Å². The van der Waals surface area contributed by atoms with Crippen LogP contribution in [0.2, 0.25) is 0 Å². The molecule has 1 unspecified atom stereocenters. The Kier molecular flexibility index (Phi) is 5.77. The van der Waals surface area contributed by atoms with Gasteiger partial charge in [0.2, 0.25) is 11.7 Å². The van der Waals surface area contributed by atoms with Crippen molar-refractivity contribution >= 4 is 23.5 Å². The first-order valence-electron chi connectivity index (χ1n) is 9.54. The number of methoxy groups -OCH3 is 3. The van der Waals surface area contributed by atoms with Crippen LogP contribution in [0.3, 0.4) is 0 Å². The molecule has 2 heterocycles. The van der Waals surface area contributed by atoms with E-state index in [0.29, 0.717) is 28.8 Å². The van der Waals surface area contributed by atoms with Gasteiger partial charge >= 0.3 is 0 Å². The summed E-state index contributed by atoms with van der Waals surface area (Å²) in [6.07, 6.45) is 0. The Morgan fingerprint density at radius 1 is 1.06 bits per heavy atom. The molecule has 0 spiro atoms. The van der Waals surface area contributed by atoms with E-state index >= 15 is 0 Å². The molecule has 1 atom stereocenters. The number of anilines is 1. The van der Waals surface area contributed by atoms with Crippen molar-refractivity contribution in [2.75, 3.05) is 32.4 Å². The number of benzene rings is 2. The van der Waals surface area contributed by atoms with E-state index in [1.807, 2.05) is 19.1 Å². The van der Waals surface area contributed by atoms with Crippen molar-refractivity contribution in [2.45, 2.75) is 12.2 Å². The van der Waals surface area contributed by atoms with Crippen LogP contribution < -0.4 is 19.5 Å². The van der Waals surface area contributed by atoms with Crippen molar-refractivity contribution < 1.29 is 23.4 Å². The van der Waals surface area contributed by atoms with Crippen molar-refractivity contribution in [3.63, 3.8) is 0 Å². The van der Waals surface area contributed by atoms with E-state index in [1.165, 1.54) is 23.9 Å². The van der Waals surface area contributed by atoms with Crippen LogP contribution in [0.25, 0.3) is 5.69 Å². The summed E-state index contributed by atoms with van der Waals surface area (Å²) in [5.74, 6) is 1.89. The third-order valence-corrected chi connectivity index (χ3v) is 6.35. The molecule has 162 valence electrons. The largest absolute Gasteiger partial charge is 0.493 e. The number of nitrogens with one attached hydrogen (secondary N) is 1. The average Bonchev–Trinajstić information content (AvgIpc) is 2.98. The lowest BCUT2D eigenvalue weighted by atomic mass is 10.0. The Hall–Kier alpha value is -3.20. The zero-order chi connectivity index (χ0) is 22.1. The maximum atomic E-state index is 13.4. The predicted octanol–water partition coefficient (Wildman–Crippen LogP) is 4.12. The van der Waals surface area contributed by atoms with Crippen LogP contribution in [0.4, 0.5) is 10.2 Å². The fourth-order valence-electron chi connectivity index (χ4n) is 3.73. The van der Waals surface area contributed by atoms with Crippen molar-refractivity contribution in [3.8, 4) is 22.9 Å². The number of carbonyl (C=O) groups excluding carboxylic acids is 1. The summed E-state index contributed by atoms with van der Waals surface area (Å²) in [5, 5.41) is 7.36. The van der Waals surface area contributed by atoms with E-state index in [-0.39, 0.29) is 22.7 Å². The number of amides is 1. The number of carbonyl (C=O) groups is 1. The maximum absolute atomic E-state index is 13.4. The second-order valence-corrected chi connectivity index (χ2v) is 7.99. The molecule has 9 heteroatoms. The van der Waals surface area contributed by atoms with Gasteiger partial charge in [0.25, 0.3) is 0 Å². The van der Waals surface area contributed by atoms with Crippen LogP contribution in [0.15, 0.2) is 36.4 Å².